The molecular formula is C34H34N2OP2. The Kier molecular flexibility index (Phi) is 6.57. The summed E-state index contributed by atoms with van der Waals surface area (Å²) in [6.07, 6.45) is 0. The lowest BCUT2D eigenvalue weighted by atomic mass is 9.78. The lowest BCUT2D eigenvalue weighted by molar-refractivity contribution is 0.625. The van der Waals surface area contributed by atoms with Crippen molar-refractivity contribution in [2.24, 2.45) is 0 Å². The Morgan fingerprint density at radius 2 is 0.718 bits per heavy atom. The van der Waals surface area contributed by atoms with Crippen LogP contribution < -0.4 is 32.5 Å². The molecule has 0 amide bonds. The highest BCUT2D eigenvalue weighted by Gasteiger charge is 2.42. The van der Waals surface area contributed by atoms with E-state index in [1.54, 1.807) is 0 Å². The third-order valence-corrected chi connectivity index (χ3v) is 12.7. The molecule has 0 aliphatic carbocycles. The topological polar surface area (TPSA) is 38.9 Å². The fourth-order valence-corrected chi connectivity index (χ4v) is 11.5. The van der Waals surface area contributed by atoms with Crippen LogP contribution in [-0.4, -0.2) is 10.2 Å². The lowest BCUT2D eigenvalue weighted by Crippen LogP contribution is -2.41. The standard InChI is InChI=1S/C32H28N2OP2.C2H6/c1-31(2)21-13-5-9-17-25(21)36(26-18-10-6-14-22(26)31)29-33-34-30(35-29)37-27-19-11-7-15-23(27)32(3,4)24-16-8-12-20-28(24)37;1-2/h5-20H,1-4H3;1-2H3. The Morgan fingerprint density at radius 1 is 0.462 bits per heavy atom. The fraction of sp³-hybridized carbons (Fsp3) is 0.235. The normalized spacial score (nSPS) is 16.7. The predicted molar refractivity (Wildman–Crippen MR) is 167 cm³/mol. The number of nitrogens with zero attached hydrogens (tertiary/aromatic N) is 2. The summed E-state index contributed by atoms with van der Waals surface area (Å²) < 4.78 is 6.76. The molecule has 3 heterocycles. The molecule has 196 valence electrons. The molecule has 2 aliphatic heterocycles. The second-order valence-electron chi connectivity index (χ2n) is 10.9. The van der Waals surface area contributed by atoms with Crippen LogP contribution in [-0.2, 0) is 10.8 Å². The molecule has 0 saturated carbocycles. The number of hydrogen-bond acceptors (Lipinski definition) is 3. The van der Waals surface area contributed by atoms with E-state index in [0.29, 0.717) is 0 Å². The van der Waals surface area contributed by atoms with Gasteiger partial charge in [0.1, 0.15) is 0 Å². The van der Waals surface area contributed by atoms with Crippen molar-refractivity contribution in [2.75, 3.05) is 0 Å². The van der Waals surface area contributed by atoms with Crippen LogP contribution in [0.5, 0.6) is 0 Å². The van der Waals surface area contributed by atoms with Gasteiger partial charge in [-0.15, -0.1) is 10.2 Å². The zero-order valence-electron chi connectivity index (χ0n) is 23.4. The van der Waals surface area contributed by atoms with Gasteiger partial charge < -0.3 is 4.42 Å². The van der Waals surface area contributed by atoms with Crippen LogP contribution >= 0.6 is 15.8 Å². The average Bonchev–Trinajstić information content (AvgIpc) is 3.44. The molecule has 5 aromatic rings. The summed E-state index contributed by atoms with van der Waals surface area (Å²) in [5, 5.41) is 14.8. The maximum absolute atomic E-state index is 6.76. The smallest absolute Gasteiger partial charge is 0.247 e. The molecule has 2 aliphatic rings. The zero-order valence-corrected chi connectivity index (χ0v) is 25.2. The van der Waals surface area contributed by atoms with Crippen LogP contribution in [0.4, 0.5) is 0 Å². The predicted octanol–water partition coefficient (Wildman–Crippen LogP) is 5.89. The Morgan fingerprint density at radius 3 is 1.00 bits per heavy atom. The zero-order chi connectivity index (χ0) is 27.4. The molecule has 7 rings (SSSR count). The summed E-state index contributed by atoms with van der Waals surface area (Å²) in [7, 11) is -1.88. The molecule has 0 radical (unpaired) electrons. The molecule has 0 spiro atoms. The summed E-state index contributed by atoms with van der Waals surface area (Å²) in [5.74, 6) is 0. The van der Waals surface area contributed by atoms with Gasteiger partial charge in [-0.25, -0.2) is 0 Å². The summed E-state index contributed by atoms with van der Waals surface area (Å²) in [5.41, 5.74) is 6.71. The molecule has 0 unspecified atom stereocenters. The van der Waals surface area contributed by atoms with Crippen molar-refractivity contribution < 1.29 is 4.42 Å². The summed E-state index contributed by atoms with van der Waals surface area (Å²) in [6, 6.07) is 35.2. The highest BCUT2D eigenvalue weighted by molar-refractivity contribution is 7.80. The van der Waals surface area contributed by atoms with E-state index in [1.165, 1.54) is 43.5 Å². The van der Waals surface area contributed by atoms with Gasteiger partial charge in [0.2, 0.25) is 11.3 Å². The number of hydrogen-bond donors (Lipinski definition) is 0. The average molecular weight is 549 g/mol. The van der Waals surface area contributed by atoms with Crippen molar-refractivity contribution in [3.05, 3.63) is 119 Å². The molecule has 5 heteroatoms. The Bertz CT molecular complexity index is 1450. The quantitative estimate of drug-likeness (QED) is 0.258. The largest absolute Gasteiger partial charge is 0.416 e. The Balaban J connectivity index is 0.00000135. The van der Waals surface area contributed by atoms with E-state index < -0.39 is 15.8 Å². The van der Waals surface area contributed by atoms with E-state index in [4.69, 9.17) is 14.6 Å². The summed E-state index contributed by atoms with van der Waals surface area (Å²) in [4.78, 5) is 0. The third-order valence-electron chi connectivity index (χ3n) is 8.06. The van der Waals surface area contributed by atoms with Crippen molar-refractivity contribution in [3.8, 4) is 0 Å². The van der Waals surface area contributed by atoms with E-state index in [1.807, 2.05) is 13.8 Å². The summed E-state index contributed by atoms with van der Waals surface area (Å²) in [6.45, 7) is 13.3. The van der Waals surface area contributed by atoms with Gasteiger partial charge >= 0.3 is 0 Å². The number of fused-ring (bicyclic) bond motifs is 4. The second-order valence-corrected chi connectivity index (χ2v) is 14.9. The first-order chi connectivity index (χ1) is 18.9. The second kappa shape index (κ2) is 9.81. The van der Waals surface area contributed by atoms with Crippen molar-refractivity contribution in [2.45, 2.75) is 52.4 Å². The molecular weight excluding hydrogens is 514 g/mol. The molecule has 0 saturated heterocycles. The van der Waals surface area contributed by atoms with Crippen molar-refractivity contribution in [1.82, 2.24) is 10.2 Å². The van der Waals surface area contributed by atoms with Crippen LogP contribution in [0.1, 0.15) is 63.8 Å². The van der Waals surface area contributed by atoms with Crippen molar-refractivity contribution in [1.29, 1.82) is 0 Å². The molecule has 0 N–H and O–H groups in total. The Labute approximate surface area is 234 Å². The van der Waals surface area contributed by atoms with Crippen LogP contribution in [0, 0.1) is 0 Å². The Hall–Kier alpha value is -3.12. The van der Waals surface area contributed by atoms with E-state index >= 15 is 0 Å². The molecule has 1 aromatic heterocycles. The maximum Gasteiger partial charge on any atom is 0.247 e. The third kappa shape index (κ3) is 3.94. The first-order valence-corrected chi connectivity index (χ1v) is 16.4. The van der Waals surface area contributed by atoms with E-state index in [2.05, 4.69) is 125 Å². The first-order valence-electron chi connectivity index (χ1n) is 13.7. The SMILES string of the molecule is CC.CC1(C)c2ccccc2P(c2nnc(P3c4ccccc4C(C)(C)c4ccccc43)o2)c2ccccc21. The van der Waals surface area contributed by atoms with Gasteiger partial charge in [-0.2, -0.15) is 0 Å². The van der Waals surface area contributed by atoms with Gasteiger partial charge in [-0.3, -0.25) is 0 Å². The number of rotatable bonds is 2. The fourth-order valence-electron chi connectivity index (χ4n) is 6.14. The molecule has 0 atom stereocenters. The van der Waals surface area contributed by atoms with Gasteiger partial charge in [0.25, 0.3) is 0 Å². The van der Waals surface area contributed by atoms with Gasteiger partial charge in [0, 0.05) is 10.8 Å². The van der Waals surface area contributed by atoms with Gasteiger partial charge in [-0.05, 0) is 43.5 Å². The molecule has 39 heavy (non-hydrogen) atoms. The van der Waals surface area contributed by atoms with Gasteiger partial charge in [-0.1, -0.05) is 139 Å². The van der Waals surface area contributed by atoms with Crippen LogP contribution in [0.25, 0.3) is 0 Å². The minimum absolute atomic E-state index is 0.0776. The molecule has 0 bridgehead atoms. The van der Waals surface area contributed by atoms with Gasteiger partial charge in [0.05, 0.1) is 15.8 Å². The highest BCUT2D eigenvalue weighted by Crippen LogP contribution is 2.48. The monoisotopic (exact) mass is 548 g/mol. The molecule has 4 aromatic carbocycles. The molecule has 3 nitrogen and oxygen atoms in total. The number of aromatic nitrogens is 2. The van der Waals surface area contributed by atoms with Crippen molar-refractivity contribution >= 4 is 48.3 Å². The van der Waals surface area contributed by atoms with Crippen LogP contribution in [0.3, 0.4) is 0 Å². The minimum Gasteiger partial charge on any atom is -0.416 e. The van der Waals surface area contributed by atoms with E-state index in [0.717, 1.165) is 11.3 Å². The minimum atomic E-state index is -0.941. The van der Waals surface area contributed by atoms with Crippen LogP contribution in [0.15, 0.2) is 101 Å². The maximum atomic E-state index is 6.76. The highest BCUT2D eigenvalue weighted by atomic mass is 31.1. The van der Waals surface area contributed by atoms with Gasteiger partial charge in [0.15, 0.2) is 0 Å². The lowest BCUT2D eigenvalue weighted by Gasteiger charge is -2.38. The number of benzene rings is 4. The first kappa shape index (κ1) is 26.1. The summed E-state index contributed by atoms with van der Waals surface area (Å²) >= 11 is 0. The molecule has 0 fully saturated rings. The van der Waals surface area contributed by atoms with Crippen molar-refractivity contribution in [3.63, 3.8) is 0 Å². The van der Waals surface area contributed by atoms with E-state index in [-0.39, 0.29) is 10.8 Å². The van der Waals surface area contributed by atoms with Crippen LogP contribution in [0.2, 0.25) is 0 Å². The van der Waals surface area contributed by atoms with E-state index in [9.17, 15) is 0 Å².